The Morgan fingerprint density at radius 3 is 2.68 bits per heavy atom. The predicted molar refractivity (Wildman–Crippen MR) is 67.6 cm³/mol. The summed E-state index contributed by atoms with van der Waals surface area (Å²) in [6.45, 7) is 0. The highest BCUT2D eigenvalue weighted by Gasteiger charge is 2.41. The van der Waals surface area contributed by atoms with Gasteiger partial charge in [0.15, 0.2) is 21.4 Å². The van der Waals surface area contributed by atoms with Crippen LogP contribution < -0.4 is 0 Å². The lowest BCUT2D eigenvalue weighted by Crippen LogP contribution is -2.17. The Morgan fingerprint density at radius 2 is 2.09 bits per heavy atom. The first-order valence-corrected chi connectivity index (χ1v) is 8.10. The lowest BCUT2D eigenvalue weighted by Gasteiger charge is -2.09. The van der Waals surface area contributed by atoms with Crippen molar-refractivity contribution < 1.29 is 26.0 Å². The van der Waals surface area contributed by atoms with Gasteiger partial charge in [-0.05, 0) is 12.8 Å². The number of halogens is 3. The van der Waals surface area contributed by atoms with Gasteiger partial charge in [0, 0.05) is 13.0 Å². The molecule has 2 heterocycles. The van der Waals surface area contributed by atoms with Gasteiger partial charge in [0.1, 0.15) is 16.9 Å². The zero-order valence-corrected chi connectivity index (χ0v) is 12.3. The highest BCUT2D eigenvalue weighted by atomic mass is 32.2. The van der Waals surface area contributed by atoms with Crippen LogP contribution in [0.3, 0.4) is 0 Å². The summed E-state index contributed by atoms with van der Waals surface area (Å²) in [7, 11) is -3.18. The lowest BCUT2D eigenvalue weighted by atomic mass is 10.4. The monoisotopic (exact) mass is 335 g/mol. The number of rotatable bonds is 4. The van der Waals surface area contributed by atoms with Crippen molar-refractivity contribution in [2.24, 2.45) is 7.05 Å². The minimum absolute atomic E-state index is 0.0962. The van der Waals surface area contributed by atoms with Gasteiger partial charge in [-0.1, -0.05) is 0 Å². The van der Waals surface area contributed by atoms with Gasteiger partial charge in [0.05, 0.1) is 11.9 Å². The third-order valence-electron chi connectivity index (χ3n) is 3.34. The molecule has 1 aliphatic rings. The van der Waals surface area contributed by atoms with Crippen molar-refractivity contribution in [2.75, 3.05) is 0 Å². The number of aromatic nitrogens is 3. The molecule has 2 aromatic heterocycles. The van der Waals surface area contributed by atoms with Crippen molar-refractivity contribution in [2.45, 2.75) is 35.6 Å². The van der Waals surface area contributed by atoms with E-state index in [2.05, 4.69) is 10.1 Å². The Hall–Kier alpha value is -1.84. The topological polar surface area (TPSA) is 78.0 Å². The molecule has 0 aliphatic heterocycles. The number of alkyl halides is 3. The van der Waals surface area contributed by atoms with E-state index in [4.69, 9.17) is 4.42 Å². The normalized spacial score (nSPS) is 16.2. The van der Waals surface area contributed by atoms with E-state index < -0.39 is 32.4 Å². The van der Waals surface area contributed by atoms with Gasteiger partial charge in [-0.3, -0.25) is 4.68 Å². The Labute approximate surface area is 123 Å². The molecule has 2 aromatic rings. The van der Waals surface area contributed by atoms with E-state index in [-0.39, 0.29) is 11.6 Å². The van der Waals surface area contributed by atoms with Crippen molar-refractivity contribution in [3.8, 4) is 0 Å². The molecule has 0 N–H and O–H groups in total. The first kappa shape index (κ1) is 15.1. The van der Waals surface area contributed by atoms with Gasteiger partial charge in [-0.15, -0.1) is 0 Å². The van der Waals surface area contributed by atoms with Crippen molar-refractivity contribution in [3.63, 3.8) is 0 Å². The molecule has 3 rings (SSSR count). The van der Waals surface area contributed by atoms with Crippen LogP contribution in [0.15, 0.2) is 21.8 Å². The van der Waals surface area contributed by atoms with E-state index in [9.17, 15) is 21.6 Å². The second kappa shape index (κ2) is 4.83. The summed E-state index contributed by atoms with van der Waals surface area (Å²) in [6.07, 6.45) is -1.08. The van der Waals surface area contributed by atoms with E-state index in [0.29, 0.717) is 16.8 Å². The zero-order chi connectivity index (χ0) is 16.1. The minimum Gasteiger partial charge on any atom is -0.448 e. The number of sulfone groups is 1. The molecule has 1 fully saturated rings. The molecule has 0 aromatic carbocycles. The molecule has 0 radical (unpaired) electrons. The Bertz CT molecular complexity index is 803. The molecule has 0 spiro atoms. The quantitative estimate of drug-likeness (QED) is 0.856. The molecule has 1 saturated carbocycles. The number of hydrogen-bond donors (Lipinski definition) is 0. The number of aryl methyl sites for hydroxylation is 1. The van der Waals surface area contributed by atoms with E-state index in [0.717, 1.165) is 19.9 Å². The Morgan fingerprint density at radius 1 is 1.41 bits per heavy atom. The number of oxazole rings is 1. The SMILES string of the molecule is Cn1ncc(S(=O)(=O)Cc2coc(C3CC3)n2)c1C(F)(F)F. The second-order valence-corrected chi connectivity index (χ2v) is 7.15. The summed E-state index contributed by atoms with van der Waals surface area (Å²) in [5.41, 5.74) is -1.20. The van der Waals surface area contributed by atoms with Crippen LogP contribution in [0.25, 0.3) is 0 Å². The van der Waals surface area contributed by atoms with Crippen LogP contribution in [-0.4, -0.2) is 23.2 Å². The van der Waals surface area contributed by atoms with E-state index >= 15 is 0 Å². The fourth-order valence-corrected chi connectivity index (χ4v) is 3.57. The first-order valence-electron chi connectivity index (χ1n) is 6.45. The fraction of sp³-hybridized carbons (Fsp3) is 0.500. The highest BCUT2D eigenvalue weighted by molar-refractivity contribution is 7.90. The van der Waals surface area contributed by atoms with Gasteiger partial charge in [0.25, 0.3) is 0 Å². The molecule has 0 amide bonds. The molecular weight excluding hydrogens is 323 g/mol. The third kappa shape index (κ3) is 2.74. The Balaban J connectivity index is 1.92. The lowest BCUT2D eigenvalue weighted by molar-refractivity contribution is -0.146. The second-order valence-electron chi connectivity index (χ2n) is 5.19. The van der Waals surface area contributed by atoms with Crippen LogP contribution in [-0.2, 0) is 28.8 Å². The van der Waals surface area contributed by atoms with Crippen LogP contribution in [0.5, 0.6) is 0 Å². The van der Waals surface area contributed by atoms with E-state index in [1.165, 1.54) is 6.26 Å². The zero-order valence-electron chi connectivity index (χ0n) is 11.5. The van der Waals surface area contributed by atoms with Gasteiger partial charge in [0.2, 0.25) is 0 Å². The molecule has 22 heavy (non-hydrogen) atoms. The predicted octanol–water partition coefficient (Wildman–Crippen LogP) is 2.28. The largest absolute Gasteiger partial charge is 0.448 e. The molecule has 0 unspecified atom stereocenters. The summed E-state index contributed by atoms with van der Waals surface area (Å²) >= 11 is 0. The molecule has 0 saturated heterocycles. The summed E-state index contributed by atoms with van der Waals surface area (Å²) in [6, 6.07) is 0. The summed E-state index contributed by atoms with van der Waals surface area (Å²) in [5, 5.41) is 3.41. The van der Waals surface area contributed by atoms with Crippen molar-refractivity contribution in [1.82, 2.24) is 14.8 Å². The Kier molecular flexibility index (Phi) is 3.31. The van der Waals surface area contributed by atoms with Crippen molar-refractivity contribution in [3.05, 3.63) is 29.7 Å². The molecule has 0 bridgehead atoms. The van der Waals surface area contributed by atoms with Crippen LogP contribution in [0.1, 0.15) is 36.0 Å². The maximum Gasteiger partial charge on any atom is 0.434 e. The van der Waals surface area contributed by atoms with Crippen molar-refractivity contribution >= 4 is 9.84 Å². The molecule has 1 aliphatic carbocycles. The molecule has 0 atom stereocenters. The van der Waals surface area contributed by atoms with Gasteiger partial charge in [-0.25, -0.2) is 13.4 Å². The third-order valence-corrected chi connectivity index (χ3v) is 4.99. The fourth-order valence-electron chi connectivity index (χ4n) is 2.15. The van der Waals surface area contributed by atoms with E-state index in [1.807, 2.05) is 0 Å². The average molecular weight is 335 g/mol. The van der Waals surface area contributed by atoms with Gasteiger partial charge >= 0.3 is 6.18 Å². The summed E-state index contributed by atoms with van der Waals surface area (Å²) < 4.78 is 69.1. The summed E-state index contributed by atoms with van der Waals surface area (Å²) in [4.78, 5) is 3.18. The molecule has 6 nitrogen and oxygen atoms in total. The number of nitrogens with zero attached hydrogens (tertiary/aromatic N) is 3. The van der Waals surface area contributed by atoms with Crippen LogP contribution >= 0.6 is 0 Å². The smallest absolute Gasteiger partial charge is 0.434 e. The first-order chi connectivity index (χ1) is 10.2. The molecule has 10 heteroatoms. The average Bonchev–Trinajstić information content (AvgIpc) is 2.99. The molecular formula is C12H12F3N3O3S. The van der Waals surface area contributed by atoms with Gasteiger partial charge in [-0.2, -0.15) is 18.3 Å². The van der Waals surface area contributed by atoms with Crippen LogP contribution in [0.2, 0.25) is 0 Å². The number of hydrogen-bond acceptors (Lipinski definition) is 5. The van der Waals surface area contributed by atoms with Crippen LogP contribution in [0.4, 0.5) is 13.2 Å². The minimum atomic E-state index is -4.81. The van der Waals surface area contributed by atoms with Gasteiger partial charge < -0.3 is 4.42 Å². The highest BCUT2D eigenvalue weighted by Crippen LogP contribution is 2.39. The standard InChI is InChI=1S/C12H12F3N3O3S/c1-18-10(12(13,14)15)9(4-16-18)22(19,20)6-8-5-21-11(17-8)7-2-3-7/h4-5,7H,2-3,6H2,1H3. The van der Waals surface area contributed by atoms with E-state index in [1.54, 1.807) is 0 Å². The van der Waals surface area contributed by atoms with Crippen LogP contribution in [0, 0.1) is 0 Å². The maximum atomic E-state index is 13.0. The molecule has 120 valence electrons. The summed E-state index contributed by atoms with van der Waals surface area (Å²) in [5.74, 6) is -0.0223. The van der Waals surface area contributed by atoms with Crippen molar-refractivity contribution in [1.29, 1.82) is 0 Å². The maximum absolute atomic E-state index is 13.0.